The van der Waals surface area contributed by atoms with Crippen molar-refractivity contribution in [3.63, 3.8) is 0 Å². The van der Waals surface area contributed by atoms with E-state index in [1.54, 1.807) is 13.0 Å². The van der Waals surface area contributed by atoms with Crippen LogP contribution >= 0.6 is 0 Å². The van der Waals surface area contributed by atoms with E-state index in [1.165, 1.54) is 18.0 Å². The number of amides is 1. The standard InChI is InChI=1S/C19H18N2O4/c1-13-9-16(8-7-14-5-3-2-4-6-14)25-19(23)17(13)18(22)20-10-15-11-21-24-12-15/h2-6,9,11-12H,7-8,10H2,1H3,(H,20,22). The number of hydrogen-bond acceptors (Lipinski definition) is 5. The van der Waals surface area contributed by atoms with Crippen LogP contribution in [-0.2, 0) is 19.4 Å². The zero-order chi connectivity index (χ0) is 17.6. The first kappa shape index (κ1) is 16.7. The molecule has 25 heavy (non-hydrogen) atoms. The van der Waals surface area contributed by atoms with Gasteiger partial charge in [-0.15, -0.1) is 0 Å². The van der Waals surface area contributed by atoms with E-state index in [2.05, 4.69) is 10.5 Å². The lowest BCUT2D eigenvalue weighted by atomic mass is 10.1. The quantitative estimate of drug-likeness (QED) is 0.747. The van der Waals surface area contributed by atoms with Crippen LogP contribution in [-0.4, -0.2) is 11.1 Å². The Labute approximate surface area is 144 Å². The molecule has 0 spiro atoms. The number of nitrogens with zero attached hydrogens (tertiary/aromatic N) is 1. The van der Waals surface area contributed by atoms with Gasteiger partial charge in [-0.2, -0.15) is 0 Å². The maximum Gasteiger partial charge on any atom is 0.349 e. The summed E-state index contributed by atoms with van der Waals surface area (Å²) < 4.78 is 10.0. The summed E-state index contributed by atoms with van der Waals surface area (Å²) in [5.74, 6) is 0.101. The molecule has 0 fully saturated rings. The van der Waals surface area contributed by atoms with Gasteiger partial charge < -0.3 is 14.3 Å². The van der Waals surface area contributed by atoms with Gasteiger partial charge in [-0.05, 0) is 30.5 Å². The molecule has 1 aromatic carbocycles. The molecule has 3 rings (SSSR count). The van der Waals surface area contributed by atoms with Crippen LogP contribution in [0.5, 0.6) is 0 Å². The zero-order valence-corrected chi connectivity index (χ0v) is 13.8. The molecule has 0 aliphatic carbocycles. The minimum absolute atomic E-state index is 0.0277. The zero-order valence-electron chi connectivity index (χ0n) is 13.8. The van der Waals surface area contributed by atoms with Gasteiger partial charge in [-0.1, -0.05) is 35.5 Å². The van der Waals surface area contributed by atoms with Crippen LogP contribution in [0.25, 0.3) is 0 Å². The van der Waals surface area contributed by atoms with Crippen molar-refractivity contribution in [2.45, 2.75) is 26.3 Å². The van der Waals surface area contributed by atoms with Crippen molar-refractivity contribution in [1.82, 2.24) is 10.5 Å². The summed E-state index contributed by atoms with van der Waals surface area (Å²) in [5, 5.41) is 6.22. The molecule has 1 N–H and O–H groups in total. The largest absolute Gasteiger partial charge is 0.427 e. The molecule has 0 saturated heterocycles. The number of carbonyl (C=O) groups is 1. The molecule has 0 aliphatic rings. The molecule has 6 heteroatoms. The number of hydrogen-bond donors (Lipinski definition) is 1. The molecule has 0 bridgehead atoms. The van der Waals surface area contributed by atoms with Crippen molar-refractivity contribution in [3.05, 3.63) is 87.3 Å². The highest BCUT2D eigenvalue weighted by Crippen LogP contribution is 2.11. The normalized spacial score (nSPS) is 10.6. The molecule has 2 aromatic heterocycles. The van der Waals surface area contributed by atoms with E-state index in [0.29, 0.717) is 17.7 Å². The van der Waals surface area contributed by atoms with Gasteiger partial charge in [0.1, 0.15) is 17.6 Å². The first-order valence-corrected chi connectivity index (χ1v) is 7.97. The maximum atomic E-state index is 12.3. The van der Waals surface area contributed by atoms with Crippen molar-refractivity contribution < 1.29 is 13.7 Å². The van der Waals surface area contributed by atoms with Crippen LogP contribution < -0.4 is 10.9 Å². The average molecular weight is 338 g/mol. The maximum absolute atomic E-state index is 12.3. The smallest absolute Gasteiger partial charge is 0.349 e. The van der Waals surface area contributed by atoms with Gasteiger partial charge in [0.2, 0.25) is 0 Å². The first-order valence-electron chi connectivity index (χ1n) is 7.97. The Bertz CT molecular complexity index is 899. The van der Waals surface area contributed by atoms with Gasteiger partial charge in [0.05, 0.1) is 6.20 Å². The van der Waals surface area contributed by atoms with E-state index in [1.807, 2.05) is 30.3 Å². The van der Waals surface area contributed by atoms with E-state index in [0.717, 1.165) is 12.0 Å². The third kappa shape index (κ3) is 4.23. The van der Waals surface area contributed by atoms with Crippen LogP contribution in [0, 0.1) is 6.92 Å². The summed E-state index contributed by atoms with van der Waals surface area (Å²) in [5.41, 5.74) is 1.89. The lowest BCUT2D eigenvalue weighted by molar-refractivity contribution is 0.0946. The number of rotatable bonds is 6. The third-order valence-corrected chi connectivity index (χ3v) is 3.87. The second-order valence-electron chi connectivity index (χ2n) is 5.76. The molecule has 0 saturated carbocycles. The summed E-state index contributed by atoms with van der Waals surface area (Å²) >= 11 is 0. The second kappa shape index (κ2) is 7.61. The Morgan fingerprint density at radius 2 is 1.96 bits per heavy atom. The lowest BCUT2D eigenvalue weighted by Gasteiger charge is -2.07. The van der Waals surface area contributed by atoms with Crippen LogP contribution in [0.1, 0.15) is 32.8 Å². The monoisotopic (exact) mass is 338 g/mol. The molecule has 1 amide bonds. The molecule has 128 valence electrons. The Hall–Kier alpha value is -3.15. The van der Waals surface area contributed by atoms with Crippen molar-refractivity contribution in [2.24, 2.45) is 0 Å². The van der Waals surface area contributed by atoms with Gasteiger partial charge in [-0.25, -0.2) is 4.79 Å². The van der Waals surface area contributed by atoms with Gasteiger partial charge >= 0.3 is 5.63 Å². The minimum atomic E-state index is -0.620. The molecule has 0 aliphatic heterocycles. The first-order chi connectivity index (χ1) is 12.1. The van der Waals surface area contributed by atoms with E-state index in [9.17, 15) is 9.59 Å². The highest BCUT2D eigenvalue weighted by atomic mass is 16.5. The highest BCUT2D eigenvalue weighted by Gasteiger charge is 2.17. The number of aryl methyl sites for hydroxylation is 3. The lowest BCUT2D eigenvalue weighted by Crippen LogP contribution is -2.29. The number of carbonyl (C=O) groups excluding carboxylic acids is 1. The molecule has 0 atom stereocenters. The van der Waals surface area contributed by atoms with Gasteiger partial charge in [0, 0.05) is 18.5 Å². The minimum Gasteiger partial charge on any atom is -0.427 e. The van der Waals surface area contributed by atoms with Gasteiger partial charge in [0.15, 0.2) is 0 Å². The molecule has 3 aromatic rings. The van der Waals surface area contributed by atoms with E-state index < -0.39 is 11.5 Å². The SMILES string of the molecule is Cc1cc(CCc2ccccc2)oc(=O)c1C(=O)NCc1cnoc1. The predicted molar refractivity (Wildman–Crippen MR) is 91.2 cm³/mol. The topological polar surface area (TPSA) is 85.3 Å². The van der Waals surface area contributed by atoms with Gasteiger partial charge in [0.25, 0.3) is 5.91 Å². The Morgan fingerprint density at radius 1 is 1.16 bits per heavy atom. The molecular formula is C19H18N2O4. The Morgan fingerprint density at radius 3 is 2.64 bits per heavy atom. The summed E-state index contributed by atoms with van der Waals surface area (Å²) in [6.07, 6.45) is 4.30. The van der Waals surface area contributed by atoms with E-state index in [4.69, 9.17) is 8.94 Å². The number of benzene rings is 1. The number of nitrogens with one attached hydrogen (secondary N) is 1. The fourth-order valence-electron chi connectivity index (χ4n) is 2.57. The van der Waals surface area contributed by atoms with Crippen LogP contribution in [0.3, 0.4) is 0 Å². The van der Waals surface area contributed by atoms with Crippen molar-refractivity contribution in [1.29, 1.82) is 0 Å². The molecule has 0 radical (unpaired) electrons. The Balaban J connectivity index is 1.69. The summed E-state index contributed by atoms with van der Waals surface area (Å²) in [4.78, 5) is 24.5. The van der Waals surface area contributed by atoms with Crippen molar-refractivity contribution in [3.8, 4) is 0 Å². The summed E-state index contributed by atoms with van der Waals surface area (Å²) in [7, 11) is 0. The van der Waals surface area contributed by atoms with Crippen LogP contribution in [0.15, 0.2) is 62.6 Å². The number of aromatic nitrogens is 1. The van der Waals surface area contributed by atoms with Crippen molar-refractivity contribution in [2.75, 3.05) is 0 Å². The van der Waals surface area contributed by atoms with E-state index >= 15 is 0 Å². The fraction of sp³-hybridized carbons (Fsp3) is 0.211. The van der Waals surface area contributed by atoms with Crippen LogP contribution in [0.4, 0.5) is 0 Å². The molecule has 2 heterocycles. The van der Waals surface area contributed by atoms with Gasteiger partial charge in [-0.3, -0.25) is 4.79 Å². The highest BCUT2D eigenvalue weighted by molar-refractivity contribution is 5.95. The summed E-state index contributed by atoms with van der Waals surface area (Å²) in [6.45, 7) is 1.97. The third-order valence-electron chi connectivity index (χ3n) is 3.87. The second-order valence-corrected chi connectivity index (χ2v) is 5.76. The summed E-state index contributed by atoms with van der Waals surface area (Å²) in [6, 6.07) is 11.7. The van der Waals surface area contributed by atoms with Crippen LogP contribution in [0.2, 0.25) is 0 Å². The molecule has 6 nitrogen and oxygen atoms in total. The van der Waals surface area contributed by atoms with E-state index in [-0.39, 0.29) is 12.1 Å². The predicted octanol–water partition coefficient (Wildman–Crippen LogP) is 2.65. The fourth-order valence-corrected chi connectivity index (χ4v) is 2.57. The van der Waals surface area contributed by atoms with Crippen molar-refractivity contribution >= 4 is 5.91 Å². The average Bonchev–Trinajstić information content (AvgIpc) is 3.12. The Kier molecular flexibility index (Phi) is 5.09. The molecule has 0 unspecified atom stereocenters. The molecular weight excluding hydrogens is 320 g/mol.